The van der Waals surface area contributed by atoms with E-state index in [-0.39, 0.29) is 35.5 Å². The summed E-state index contributed by atoms with van der Waals surface area (Å²) in [7, 11) is 0. The fourth-order valence-corrected chi connectivity index (χ4v) is 6.56. The molecule has 0 saturated carbocycles. The van der Waals surface area contributed by atoms with Gasteiger partial charge in [-0.3, -0.25) is 9.59 Å². The molecule has 4 aromatic rings. The van der Waals surface area contributed by atoms with Gasteiger partial charge in [-0.25, -0.2) is 4.90 Å². The molecule has 0 spiro atoms. The zero-order chi connectivity index (χ0) is 24.6. The van der Waals surface area contributed by atoms with Crippen molar-refractivity contribution in [1.29, 1.82) is 0 Å². The van der Waals surface area contributed by atoms with Crippen LogP contribution in [0.1, 0.15) is 45.2 Å². The summed E-state index contributed by atoms with van der Waals surface area (Å²) in [6.07, 6.45) is 0. The zero-order valence-corrected chi connectivity index (χ0v) is 20.1. The van der Waals surface area contributed by atoms with Crippen molar-refractivity contribution in [3.05, 3.63) is 124 Å². The van der Waals surface area contributed by atoms with E-state index in [0.717, 1.165) is 16.9 Å². The number of hydrogen-bond acceptors (Lipinski definition) is 3. The van der Waals surface area contributed by atoms with Gasteiger partial charge in [0.15, 0.2) is 0 Å². The molecule has 4 nitrogen and oxygen atoms in total. The molecule has 2 amide bonds. The van der Waals surface area contributed by atoms with Gasteiger partial charge in [-0.05, 0) is 77.6 Å². The first-order valence-electron chi connectivity index (χ1n) is 12.4. The van der Waals surface area contributed by atoms with Crippen LogP contribution < -0.4 is 9.64 Å². The minimum Gasteiger partial charge on any atom is -0.457 e. The molecule has 1 fully saturated rings. The molecular weight excluding hydrogens is 446 g/mol. The molecule has 1 aliphatic heterocycles. The summed E-state index contributed by atoms with van der Waals surface area (Å²) in [5.74, 6) is 0.315. The predicted molar refractivity (Wildman–Crippen MR) is 138 cm³/mol. The molecule has 36 heavy (non-hydrogen) atoms. The Morgan fingerprint density at radius 3 is 1.61 bits per heavy atom. The molecule has 4 aliphatic rings. The minimum atomic E-state index is -0.377. The van der Waals surface area contributed by atoms with Crippen LogP contribution in [-0.4, -0.2) is 11.8 Å². The van der Waals surface area contributed by atoms with E-state index in [1.165, 1.54) is 27.2 Å². The molecule has 4 heteroatoms. The summed E-state index contributed by atoms with van der Waals surface area (Å²) in [6, 6.07) is 29.9. The third-order valence-corrected chi connectivity index (χ3v) is 8.33. The van der Waals surface area contributed by atoms with Crippen LogP contribution in [0.25, 0.3) is 0 Å². The second kappa shape index (κ2) is 7.66. The van der Waals surface area contributed by atoms with Gasteiger partial charge in [-0.1, -0.05) is 60.7 Å². The number of amides is 2. The van der Waals surface area contributed by atoms with Gasteiger partial charge in [0.25, 0.3) is 0 Å². The van der Waals surface area contributed by atoms with Gasteiger partial charge in [0.2, 0.25) is 11.8 Å². The Hall–Kier alpha value is -4.18. The highest BCUT2D eigenvalue weighted by Gasteiger charge is 2.61. The number of ether oxygens (including phenoxy) is 1. The third-order valence-electron chi connectivity index (χ3n) is 8.33. The van der Waals surface area contributed by atoms with Crippen LogP contribution in [0.2, 0.25) is 0 Å². The summed E-state index contributed by atoms with van der Waals surface area (Å²) in [5.41, 5.74) is 7.58. The van der Waals surface area contributed by atoms with Gasteiger partial charge in [-0.15, -0.1) is 0 Å². The lowest BCUT2D eigenvalue weighted by Gasteiger charge is -2.45. The van der Waals surface area contributed by atoms with Crippen LogP contribution in [0.5, 0.6) is 11.5 Å². The van der Waals surface area contributed by atoms with E-state index >= 15 is 0 Å². The Morgan fingerprint density at radius 1 is 0.611 bits per heavy atom. The van der Waals surface area contributed by atoms with Crippen molar-refractivity contribution in [3.63, 3.8) is 0 Å². The Bertz CT molecular complexity index is 1440. The van der Waals surface area contributed by atoms with Crippen LogP contribution in [0.15, 0.2) is 91.0 Å². The van der Waals surface area contributed by atoms with Crippen LogP contribution >= 0.6 is 0 Å². The Kier molecular flexibility index (Phi) is 4.50. The van der Waals surface area contributed by atoms with Crippen molar-refractivity contribution in [3.8, 4) is 11.5 Å². The molecule has 0 N–H and O–H groups in total. The van der Waals surface area contributed by atoms with Crippen molar-refractivity contribution in [2.45, 2.75) is 25.7 Å². The van der Waals surface area contributed by atoms with E-state index in [1.807, 2.05) is 67.6 Å². The van der Waals surface area contributed by atoms with E-state index in [0.29, 0.717) is 11.4 Å². The van der Waals surface area contributed by atoms with Crippen LogP contribution in [-0.2, 0) is 9.59 Å². The van der Waals surface area contributed by atoms with Gasteiger partial charge in [0.05, 0.1) is 17.5 Å². The van der Waals surface area contributed by atoms with E-state index in [9.17, 15) is 9.59 Å². The highest BCUT2D eigenvalue weighted by molar-refractivity contribution is 6.23. The molecule has 0 radical (unpaired) electrons. The molecule has 2 bridgehead atoms. The molecule has 8 rings (SSSR count). The average Bonchev–Trinajstić information content (AvgIpc) is 3.17. The summed E-state index contributed by atoms with van der Waals surface area (Å²) < 4.78 is 6.10. The van der Waals surface area contributed by atoms with E-state index < -0.39 is 0 Å². The largest absolute Gasteiger partial charge is 0.457 e. The maximum absolute atomic E-state index is 13.9. The summed E-state index contributed by atoms with van der Waals surface area (Å²) in [6.45, 7) is 4.09. The first-order chi connectivity index (χ1) is 17.5. The zero-order valence-electron chi connectivity index (χ0n) is 20.1. The van der Waals surface area contributed by atoms with Crippen molar-refractivity contribution >= 4 is 17.5 Å². The average molecular weight is 472 g/mol. The highest BCUT2D eigenvalue weighted by atomic mass is 16.5. The van der Waals surface area contributed by atoms with Crippen molar-refractivity contribution < 1.29 is 14.3 Å². The first kappa shape index (κ1) is 21.1. The number of aryl methyl sites for hydroxylation is 1. The number of imide groups is 1. The lowest BCUT2D eigenvalue weighted by molar-refractivity contribution is -0.122. The standard InChI is InChI=1S/C32H25NO3/c1-18-8-7-13-26(19(18)2)36-21-16-14-20(15-17-21)33-31(34)29-27-22-9-3-4-10-23(22)28(30(29)32(33)35)25-12-6-5-11-24(25)27/h3-17,27-30H,1-2H3/t27?,28?,29-,30+. The predicted octanol–water partition coefficient (Wildman–Crippen LogP) is 6.49. The Balaban J connectivity index is 1.25. The van der Waals surface area contributed by atoms with E-state index in [1.54, 1.807) is 0 Å². The van der Waals surface area contributed by atoms with Crippen molar-refractivity contribution in [2.24, 2.45) is 11.8 Å². The number of anilines is 1. The number of rotatable bonds is 3. The maximum Gasteiger partial charge on any atom is 0.238 e. The summed E-state index contributed by atoms with van der Waals surface area (Å²) in [5, 5.41) is 0. The molecule has 0 aromatic heterocycles. The lowest BCUT2D eigenvalue weighted by Crippen LogP contribution is -2.41. The Morgan fingerprint density at radius 2 is 1.11 bits per heavy atom. The molecule has 0 unspecified atom stereocenters. The molecule has 2 atom stereocenters. The van der Waals surface area contributed by atoms with E-state index in [4.69, 9.17) is 4.74 Å². The molecule has 1 heterocycles. The number of nitrogens with zero attached hydrogens (tertiary/aromatic N) is 1. The summed E-state index contributed by atoms with van der Waals surface area (Å²) in [4.78, 5) is 29.2. The molecule has 4 aromatic carbocycles. The Labute approximate surface area is 210 Å². The summed E-state index contributed by atoms with van der Waals surface area (Å²) >= 11 is 0. The fraction of sp³-hybridized carbons (Fsp3) is 0.188. The molecule has 1 saturated heterocycles. The van der Waals surface area contributed by atoms with E-state index in [2.05, 4.69) is 37.3 Å². The quantitative estimate of drug-likeness (QED) is 0.321. The number of carbonyl (C=O) groups excluding carboxylic acids is 2. The highest BCUT2D eigenvalue weighted by Crippen LogP contribution is 2.61. The van der Waals surface area contributed by atoms with Gasteiger partial charge in [-0.2, -0.15) is 0 Å². The van der Waals surface area contributed by atoms with Crippen LogP contribution in [0, 0.1) is 25.7 Å². The molecular formula is C32H25NO3. The van der Waals surface area contributed by atoms with Gasteiger partial charge < -0.3 is 4.74 Å². The number of carbonyl (C=O) groups is 2. The van der Waals surface area contributed by atoms with Crippen LogP contribution in [0.4, 0.5) is 5.69 Å². The van der Waals surface area contributed by atoms with Gasteiger partial charge in [0.1, 0.15) is 11.5 Å². The first-order valence-corrected chi connectivity index (χ1v) is 12.4. The normalized spacial score (nSPS) is 23.3. The molecule has 176 valence electrons. The third kappa shape index (κ3) is 2.81. The second-order valence-electron chi connectivity index (χ2n) is 10.1. The van der Waals surface area contributed by atoms with Gasteiger partial charge in [0, 0.05) is 11.8 Å². The lowest BCUT2D eigenvalue weighted by atomic mass is 9.55. The number of hydrogen-bond donors (Lipinski definition) is 0. The molecule has 3 aliphatic carbocycles. The smallest absolute Gasteiger partial charge is 0.238 e. The SMILES string of the molecule is Cc1cccc(Oc2ccc(N3C(=O)[C@@H]4C5c6ccccc6C(c6ccccc65)[C@@H]4C3=O)cc2)c1C. The van der Waals surface area contributed by atoms with Crippen molar-refractivity contribution in [2.75, 3.05) is 4.90 Å². The van der Waals surface area contributed by atoms with Crippen molar-refractivity contribution in [1.82, 2.24) is 0 Å². The number of benzene rings is 4. The van der Waals surface area contributed by atoms with Crippen LogP contribution in [0.3, 0.4) is 0 Å². The minimum absolute atomic E-state index is 0.0965. The van der Waals surface area contributed by atoms with Gasteiger partial charge >= 0.3 is 0 Å². The fourth-order valence-electron chi connectivity index (χ4n) is 6.56. The second-order valence-corrected chi connectivity index (χ2v) is 10.1. The maximum atomic E-state index is 13.9. The topological polar surface area (TPSA) is 46.6 Å². The monoisotopic (exact) mass is 471 g/mol.